The number of rotatable bonds is 3. The normalized spacial score (nSPS) is 18.2. The summed E-state index contributed by atoms with van der Waals surface area (Å²) in [4.78, 5) is 17.4. The number of hydrogen-bond acceptors (Lipinski definition) is 7. The second-order valence-electron chi connectivity index (χ2n) is 7.48. The van der Waals surface area contributed by atoms with Gasteiger partial charge in [-0.2, -0.15) is 0 Å². The summed E-state index contributed by atoms with van der Waals surface area (Å²) in [7, 11) is 1.58. The monoisotopic (exact) mass is 439 g/mol. The first-order valence-corrected chi connectivity index (χ1v) is 10.3. The van der Waals surface area contributed by atoms with Gasteiger partial charge in [-0.25, -0.2) is 9.79 Å². The zero-order chi connectivity index (χ0) is 22.4. The Morgan fingerprint density at radius 1 is 0.848 bits per heavy atom. The molecule has 0 unspecified atom stereocenters. The molecule has 0 bridgehead atoms. The van der Waals surface area contributed by atoms with E-state index in [0.29, 0.717) is 39.9 Å². The molecule has 3 aromatic rings. The maximum atomic E-state index is 12.9. The van der Waals surface area contributed by atoms with Gasteiger partial charge in [0.2, 0.25) is 12.7 Å². The lowest BCUT2D eigenvalue weighted by Crippen LogP contribution is -2.08. The summed E-state index contributed by atoms with van der Waals surface area (Å²) in [6.07, 6.45) is 1.79. The molecule has 0 N–H and O–H groups in total. The standard InChI is InChI=1S/C26H17NO6/c1-29-17-8-10-20-18(12-17)19(24-26(28)33-25(27-24)15-5-3-2-4-6-15)13-22(32-20)16-7-9-21-23(11-16)31-14-30-21/h2-13H,14H2,1H3/b24-19-. The fraction of sp³-hybridized carbons (Fsp3) is 0.0769. The molecule has 0 aromatic heterocycles. The molecular formula is C26H17NO6. The van der Waals surface area contributed by atoms with Crippen LogP contribution in [0.4, 0.5) is 0 Å². The number of fused-ring (bicyclic) bond motifs is 2. The Morgan fingerprint density at radius 2 is 1.67 bits per heavy atom. The maximum absolute atomic E-state index is 12.9. The van der Waals surface area contributed by atoms with E-state index in [4.69, 9.17) is 23.7 Å². The van der Waals surface area contributed by atoms with Gasteiger partial charge in [-0.3, -0.25) is 0 Å². The van der Waals surface area contributed by atoms with Gasteiger partial charge < -0.3 is 23.7 Å². The van der Waals surface area contributed by atoms with Crippen molar-refractivity contribution < 1.29 is 28.5 Å². The quantitative estimate of drug-likeness (QED) is 0.440. The first-order valence-electron chi connectivity index (χ1n) is 10.3. The van der Waals surface area contributed by atoms with Crippen LogP contribution >= 0.6 is 0 Å². The minimum atomic E-state index is -0.527. The Balaban J connectivity index is 1.52. The van der Waals surface area contributed by atoms with Crippen molar-refractivity contribution in [3.63, 3.8) is 0 Å². The lowest BCUT2D eigenvalue weighted by molar-refractivity contribution is -0.129. The number of aliphatic imine (C=N–C) groups is 1. The lowest BCUT2D eigenvalue weighted by atomic mass is 9.97. The topological polar surface area (TPSA) is 75.6 Å². The minimum Gasteiger partial charge on any atom is -0.497 e. The summed E-state index contributed by atoms with van der Waals surface area (Å²) in [6.45, 7) is 0.180. The minimum absolute atomic E-state index is 0.180. The molecule has 6 rings (SSSR count). The lowest BCUT2D eigenvalue weighted by Gasteiger charge is -2.21. The fourth-order valence-corrected chi connectivity index (χ4v) is 3.86. The summed E-state index contributed by atoms with van der Waals surface area (Å²) in [5.74, 6) is 2.80. The van der Waals surface area contributed by atoms with Crippen LogP contribution < -0.4 is 18.9 Å². The van der Waals surface area contributed by atoms with E-state index >= 15 is 0 Å². The molecule has 3 aliphatic rings. The van der Waals surface area contributed by atoms with Gasteiger partial charge in [-0.15, -0.1) is 0 Å². The molecule has 0 saturated carbocycles. The third kappa shape index (κ3) is 3.30. The predicted octanol–water partition coefficient (Wildman–Crippen LogP) is 4.57. The maximum Gasteiger partial charge on any atom is 0.364 e. The molecule has 0 saturated heterocycles. The predicted molar refractivity (Wildman–Crippen MR) is 120 cm³/mol. The molecule has 3 aromatic carbocycles. The first kappa shape index (κ1) is 19.2. The number of allylic oxidation sites excluding steroid dienone is 2. The molecule has 3 heterocycles. The molecular weight excluding hydrogens is 422 g/mol. The van der Waals surface area contributed by atoms with Crippen molar-refractivity contribution in [2.75, 3.05) is 13.9 Å². The van der Waals surface area contributed by atoms with Crippen LogP contribution in [-0.2, 0) is 9.53 Å². The van der Waals surface area contributed by atoms with E-state index in [9.17, 15) is 4.79 Å². The zero-order valence-corrected chi connectivity index (χ0v) is 17.5. The van der Waals surface area contributed by atoms with E-state index in [0.717, 1.165) is 11.1 Å². The summed E-state index contributed by atoms with van der Waals surface area (Å²) in [5, 5.41) is 0. The number of benzene rings is 3. The fourth-order valence-electron chi connectivity index (χ4n) is 3.86. The van der Waals surface area contributed by atoms with Crippen molar-refractivity contribution >= 4 is 23.2 Å². The third-order valence-electron chi connectivity index (χ3n) is 5.50. The Kier molecular flexibility index (Phi) is 4.40. The number of methoxy groups -OCH3 is 1. The van der Waals surface area contributed by atoms with Crippen LogP contribution in [0.5, 0.6) is 23.0 Å². The van der Waals surface area contributed by atoms with Crippen molar-refractivity contribution in [3.8, 4) is 23.0 Å². The summed E-state index contributed by atoms with van der Waals surface area (Å²) >= 11 is 0. The van der Waals surface area contributed by atoms with Gasteiger partial charge in [0.05, 0.1) is 7.11 Å². The van der Waals surface area contributed by atoms with Crippen molar-refractivity contribution in [2.45, 2.75) is 0 Å². The van der Waals surface area contributed by atoms with Gasteiger partial charge in [0, 0.05) is 22.3 Å². The summed E-state index contributed by atoms with van der Waals surface area (Å²) < 4.78 is 28.0. The van der Waals surface area contributed by atoms with Crippen LogP contribution in [0.3, 0.4) is 0 Å². The first-order chi connectivity index (χ1) is 16.2. The smallest absolute Gasteiger partial charge is 0.364 e. The second kappa shape index (κ2) is 7.56. The van der Waals surface area contributed by atoms with Crippen LogP contribution in [0.25, 0.3) is 11.3 Å². The second-order valence-corrected chi connectivity index (χ2v) is 7.48. The Hall–Kier alpha value is -4.52. The average molecular weight is 439 g/mol. The number of esters is 1. The van der Waals surface area contributed by atoms with Gasteiger partial charge in [-0.05, 0) is 54.6 Å². The average Bonchev–Trinajstić information content (AvgIpc) is 3.49. The molecule has 0 atom stereocenters. The number of carbonyl (C=O) groups excluding carboxylic acids is 1. The van der Waals surface area contributed by atoms with Crippen molar-refractivity contribution in [1.29, 1.82) is 0 Å². The number of nitrogens with zero attached hydrogens (tertiary/aromatic N) is 1. The van der Waals surface area contributed by atoms with Crippen LogP contribution in [-0.4, -0.2) is 25.8 Å². The molecule has 7 heteroatoms. The molecule has 0 spiro atoms. The third-order valence-corrected chi connectivity index (χ3v) is 5.50. The van der Waals surface area contributed by atoms with E-state index < -0.39 is 5.97 Å². The van der Waals surface area contributed by atoms with Gasteiger partial charge in [-0.1, -0.05) is 18.2 Å². The van der Waals surface area contributed by atoms with Crippen LogP contribution in [0.2, 0.25) is 0 Å². The molecule has 0 fully saturated rings. The van der Waals surface area contributed by atoms with E-state index in [1.54, 1.807) is 25.3 Å². The Labute approximate surface area is 189 Å². The zero-order valence-electron chi connectivity index (χ0n) is 17.5. The molecule has 0 radical (unpaired) electrons. The van der Waals surface area contributed by atoms with E-state index in [1.165, 1.54) is 0 Å². The molecule has 7 nitrogen and oxygen atoms in total. The highest BCUT2D eigenvalue weighted by Gasteiger charge is 2.31. The Bertz CT molecular complexity index is 1390. The SMILES string of the molecule is COc1ccc2c(c1)/C(=C1\N=C(c3ccccc3)OC1=O)C=C(c1ccc3c(c1)OCO3)O2. The van der Waals surface area contributed by atoms with Crippen LogP contribution in [0.1, 0.15) is 16.7 Å². The highest BCUT2D eigenvalue weighted by molar-refractivity contribution is 6.15. The number of hydrogen-bond donors (Lipinski definition) is 0. The van der Waals surface area contributed by atoms with Crippen molar-refractivity contribution in [2.24, 2.45) is 4.99 Å². The van der Waals surface area contributed by atoms with Crippen molar-refractivity contribution in [3.05, 3.63) is 95.2 Å². The molecule has 0 amide bonds. The van der Waals surface area contributed by atoms with E-state index in [-0.39, 0.29) is 18.4 Å². The molecule has 0 aliphatic carbocycles. The molecule has 33 heavy (non-hydrogen) atoms. The highest BCUT2D eigenvalue weighted by atomic mass is 16.7. The van der Waals surface area contributed by atoms with Gasteiger partial charge in [0.15, 0.2) is 17.2 Å². The van der Waals surface area contributed by atoms with Gasteiger partial charge in [0.25, 0.3) is 0 Å². The Morgan fingerprint density at radius 3 is 2.52 bits per heavy atom. The summed E-state index contributed by atoms with van der Waals surface area (Å²) in [6, 6.07) is 20.3. The number of cyclic esters (lactones) is 1. The number of ether oxygens (including phenoxy) is 5. The van der Waals surface area contributed by atoms with E-state index in [1.807, 2.05) is 54.6 Å². The number of carbonyl (C=O) groups is 1. The molecule has 162 valence electrons. The van der Waals surface area contributed by atoms with Gasteiger partial charge >= 0.3 is 5.97 Å². The van der Waals surface area contributed by atoms with Crippen LogP contribution in [0, 0.1) is 0 Å². The van der Waals surface area contributed by atoms with Crippen molar-refractivity contribution in [1.82, 2.24) is 0 Å². The summed E-state index contributed by atoms with van der Waals surface area (Å²) in [5.41, 5.74) is 2.96. The van der Waals surface area contributed by atoms with Gasteiger partial charge in [0.1, 0.15) is 17.3 Å². The largest absolute Gasteiger partial charge is 0.497 e. The van der Waals surface area contributed by atoms with Crippen LogP contribution in [0.15, 0.2) is 83.5 Å². The highest BCUT2D eigenvalue weighted by Crippen LogP contribution is 2.43. The van der Waals surface area contributed by atoms with E-state index in [2.05, 4.69) is 4.99 Å². The molecule has 3 aliphatic heterocycles.